The minimum atomic E-state index is -1.01. The summed E-state index contributed by atoms with van der Waals surface area (Å²) in [6, 6.07) is 16.7. The van der Waals surface area contributed by atoms with Gasteiger partial charge in [-0.1, -0.05) is 36.4 Å². The minimum Gasteiger partial charge on any atom is -0.493 e. The van der Waals surface area contributed by atoms with Gasteiger partial charge in [0, 0.05) is 0 Å². The normalized spacial score (nSPS) is 15.5. The highest BCUT2D eigenvalue weighted by Crippen LogP contribution is 2.40. The highest BCUT2D eigenvalue weighted by molar-refractivity contribution is 9.10. The van der Waals surface area contributed by atoms with Gasteiger partial charge < -0.3 is 14.2 Å². The first-order chi connectivity index (χ1) is 16.8. The minimum absolute atomic E-state index is 0.199. The molecule has 1 heterocycles. The van der Waals surface area contributed by atoms with E-state index in [1.165, 1.54) is 21.1 Å². The van der Waals surface area contributed by atoms with Crippen LogP contribution in [0.25, 0.3) is 16.8 Å². The molecule has 4 rings (SSSR count). The van der Waals surface area contributed by atoms with Crippen molar-refractivity contribution in [3.05, 3.63) is 75.1 Å². The Hall–Kier alpha value is -3.30. The molecule has 9 heteroatoms. The van der Waals surface area contributed by atoms with Crippen LogP contribution in [0, 0.1) is 0 Å². The molecule has 2 amide bonds. The molecule has 180 valence electrons. The lowest BCUT2D eigenvalue weighted by molar-refractivity contribution is -0.148. The number of carbonyl (C=O) groups is 3. The largest absolute Gasteiger partial charge is 0.493 e. The topological polar surface area (TPSA) is 82.1 Å². The van der Waals surface area contributed by atoms with E-state index in [9.17, 15) is 14.4 Å². The van der Waals surface area contributed by atoms with Crippen molar-refractivity contribution in [1.29, 1.82) is 0 Å². The van der Waals surface area contributed by atoms with Gasteiger partial charge in [0.1, 0.15) is 12.6 Å². The molecular formula is C26H22BrNO6S. The lowest BCUT2D eigenvalue weighted by Gasteiger charge is -2.18. The van der Waals surface area contributed by atoms with Crippen molar-refractivity contribution in [2.45, 2.75) is 19.6 Å². The number of methoxy groups -OCH3 is 2. The smallest absolute Gasteiger partial charge is 0.328 e. The maximum atomic E-state index is 12.8. The van der Waals surface area contributed by atoms with Gasteiger partial charge in [0.15, 0.2) is 11.5 Å². The molecule has 1 aliphatic rings. The molecule has 3 aromatic carbocycles. The first kappa shape index (κ1) is 24.8. The zero-order valence-corrected chi connectivity index (χ0v) is 21.6. The lowest BCUT2D eigenvalue weighted by atomic mass is 10.1. The van der Waals surface area contributed by atoms with Crippen LogP contribution in [-0.2, 0) is 20.9 Å². The molecule has 1 fully saturated rings. The third kappa shape index (κ3) is 5.21. The van der Waals surface area contributed by atoms with Crippen molar-refractivity contribution in [3.63, 3.8) is 0 Å². The molecule has 1 atom stereocenters. The number of imide groups is 1. The van der Waals surface area contributed by atoms with Crippen LogP contribution in [0.1, 0.15) is 18.1 Å². The summed E-state index contributed by atoms with van der Waals surface area (Å²) in [7, 11) is 2.74. The molecule has 0 aliphatic carbocycles. The second-order valence-electron chi connectivity index (χ2n) is 7.76. The van der Waals surface area contributed by atoms with Crippen molar-refractivity contribution in [1.82, 2.24) is 4.90 Å². The molecule has 1 aliphatic heterocycles. The second-order valence-corrected chi connectivity index (χ2v) is 9.60. The average Bonchev–Trinajstić information content (AvgIpc) is 3.14. The number of hydrogen-bond donors (Lipinski definition) is 0. The van der Waals surface area contributed by atoms with E-state index >= 15 is 0 Å². The number of esters is 1. The number of hydrogen-bond acceptors (Lipinski definition) is 7. The third-order valence-corrected chi connectivity index (χ3v) is 6.97. The van der Waals surface area contributed by atoms with Crippen molar-refractivity contribution in [2.24, 2.45) is 0 Å². The number of benzene rings is 3. The van der Waals surface area contributed by atoms with E-state index in [4.69, 9.17) is 9.47 Å². The maximum Gasteiger partial charge on any atom is 0.328 e. The van der Waals surface area contributed by atoms with E-state index in [1.807, 2.05) is 18.2 Å². The van der Waals surface area contributed by atoms with E-state index in [0.717, 1.165) is 33.0 Å². The molecule has 0 N–H and O–H groups in total. The van der Waals surface area contributed by atoms with Gasteiger partial charge in [-0.15, -0.1) is 0 Å². The summed E-state index contributed by atoms with van der Waals surface area (Å²) < 4.78 is 16.9. The molecule has 7 nitrogen and oxygen atoms in total. The van der Waals surface area contributed by atoms with Crippen LogP contribution in [0.3, 0.4) is 0 Å². The van der Waals surface area contributed by atoms with Crippen molar-refractivity contribution >= 4 is 61.7 Å². The first-order valence-electron chi connectivity index (χ1n) is 10.6. The summed E-state index contributed by atoms with van der Waals surface area (Å²) in [5.74, 6) is -0.228. The summed E-state index contributed by atoms with van der Waals surface area (Å²) in [6.07, 6.45) is 1.58. The van der Waals surface area contributed by atoms with E-state index in [-0.39, 0.29) is 4.91 Å². The summed E-state index contributed by atoms with van der Waals surface area (Å²) in [6.45, 7) is 1.79. The number of halogens is 1. The van der Waals surface area contributed by atoms with Gasteiger partial charge in [-0.05, 0) is 80.8 Å². The van der Waals surface area contributed by atoms with Crippen molar-refractivity contribution in [3.8, 4) is 11.5 Å². The van der Waals surface area contributed by atoms with Crippen LogP contribution in [0.15, 0.2) is 64.0 Å². The van der Waals surface area contributed by atoms with E-state index in [0.29, 0.717) is 28.1 Å². The number of rotatable bonds is 7. The van der Waals surface area contributed by atoms with Crippen LogP contribution in [0.2, 0.25) is 0 Å². The average molecular weight is 556 g/mol. The summed E-state index contributed by atoms with van der Waals surface area (Å²) in [5, 5.41) is 1.76. The zero-order chi connectivity index (χ0) is 25.1. The van der Waals surface area contributed by atoms with Gasteiger partial charge >= 0.3 is 5.97 Å². The maximum absolute atomic E-state index is 12.8. The molecule has 3 aromatic rings. The molecule has 0 bridgehead atoms. The Kier molecular flexibility index (Phi) is 7.47. The fraction of sp³-hybridized carbons (Fsp3) is 0.192. The van der Waals surface area contributed by atoms with E-state index < -0.39 is 23.2 Å². The summed E-state index contributed by atoms with van der Waals surface area (Å²) in [5.41, 5.74) is 1.64. The number of ether oxygens (including phenoxy) is 3. The first-order valence-corrected chi connectivity index (χ1v) is 12.3. The molecule has 0 saturated carbocycles. The van der Waals surface area contributed by atoms with Gasteiger partial charge in [0.05, 0.1) is 23.6 Å². The summed E-state index contributed by atoms with van der Waals surface area (Å²) >= 11 is 4.30. The number of carbonyl (C=O) groups excluding carboxylic acids is 3. The molecule has 0 aromatic heterocycles. The number of thioether (sulfide) groups is 1. The summed E-state index contributed by atoms with van der Waals surface area (Å²) in [4.78, 5) is 38.1. The standard InChI is InChI=1S/C26H22BrNO6S/c1-15(25(30)33-3)28-24(29)22(35-26(28)31)13-17-11-20(27)23(21(12-17)32-2)34-14-16-8-9-18-6-4-5-7-19(18)10-16/h4-13,15H,14H2,1-3H3/b22-13+/t15-/m1/s1. The Bertz CT molecular complexity index is 1350. The van der Waals surface area contributed by atoms with Crippen molar-refractivity contribution in [2.75, 3.05) is 14.2 Å². The van der Waals surface area contributed by atoms with E-state index in [2.05, 4.69) is 44.9 Å². The monoisotopic (exact) mass is 555 g/mol. The number of nitrogens with zero attached hydrogens (tertiary/aromatic N) is 1. The highest BCUT2D eigenvalue weighted by atomic mass is 79.9. The van der Waals surface area contributed by atoms with Crippen molar-refractivity contribution < 1.29 is 28.6 Å². The Morgan fingerprint density at radius 2 is 1.83 bits per heavy atom. The van der Waals surface area contributed by atoms with Crippen LogP contribution >= 0.6 is 27.7 Å². The fourth-order valence-electron chi connectivity index (χ4n) is 3.69. The molecular weight excluding hydrogens is 534 g/mol. The molecule has 0 radical (unpaired) electrons. The fourth-order valence-corrected chi connectivity index (χ4v) is 5.17. The predicted molar refractivity (Wildman–Crippen MR) is 138 cm³/mol. The van der Waals surface area contributed by atoms with Crippen LogP contribution in [0.4, 0.5) is 4.79 Å². The number of amides is 2. The molecule has 0 spiro atoms. The Labute approximate surface area is 215 Å². The lowest BCUT2D eigenvalue weighted by Crippen LogP contribution is -2.42. The van der Waals surface area contributed by atoms with Gasteiger partial charge in [0.2, 0.25) is 0 Å². The molecule has 35 heavy (non-hydrogen) atoms. The van der Waals surface area contributed by atoms with Crippen LogP contribution in [-0.4, -0.2) is 42.3 Å². The van der Waals surface area contributed by atoms with Gasteiger partial charge in [-0.25, -0.2) is 4.79 Å². The van der Waals surface area contributed by atoms with Gasteiger partial charge in [0.25, 0.3) is 11.1 Å². The van der Waals surface area contributed by atoms with Crippen LogP contribution in [0.5, 0.6) is 11.5 Å². The molecule has 1 saturated heterocycles. The van der Waals surface area contributed by atoms with Gasteiger partial charge in [-0.2, -0.15) is 0 Å². The Balaban J connectivity index is 1.55. The van der Waals surface area contributed by atoms with Crippen LogP contribution < -0.4 is 9.47 Å². The number of fused-ring (bicyclic) bond motifs is 1. The second kappa shape index (κ2) is 10.5. The third-order valence-electron chi connectivity index (χ3n) is 5.50. The highest BCUT2D eigenvalue weighted by Gasteiger charge is 2.41. The Morgan fingerprint density at radius 3 is 2.54 bits per heavy atom. The zero-order valence-electron chi connectivity index (χ0n) is 19.2. The SMILES string of the molecule is COC(=O)[C@@H](C)N1C(=O)S/C(=C/c2cc(Br)c(OCc3ccc4ccccc4c3)c(OC)c2)C1=O. The molecule has 0 unspecified atom stereocenters. The predicted octanol–water partition coefficient (Wildman–Crippen LogP) is 5.79. The quantitative estimate of drug-likeness (QED) is 0.269. The van der Waals surface area contributed by atoms with Gasteiger partial charge in [-0.3, -0.25) is 14.5 Å². The van der Waals surface area contributed by atoms with E-state index in [1.54, 1.807) is 18.2 Å². The Morgan fingerprint density at radius 1 is 1.09 bits per heavy atom.